The molecule has 1 rings (SSSR count). The molecule has 15 heavy (non-hydrogen) atoms. The quantitative estimate of drug-likeness (QED) is 0.732. The molecule has 0 unspecified atom stereocenters. The van der Waals surface area contributed by atoms with E-state index in [1.165, 1.54) is 32.1 Å². The van der Waals surface area contributed by atoms with E-state index in [1.54, 1.807) is 0 Å². The normalized spacial score (nSPS) is 18.3. The minimum absolute atomic E-state index is 0.384. The van der Waals surface area contributed by atoms with Crippen LogP contribution in [0.15, 0.2) is 0 Å². The van der Waals surface area contributed by atoms with E-state index in [0.29, 0.717) is 18.4 Å². The summed E-state index contributed by atoms with van der Waals surface area (Å²) in [4.78, 5) is 11.5. The Bertz CT molecular complexity index is 183. The van der Waals surface area contributed by atoms with E-state index in [0.717, 1.165) is 18.8 Å². The molecule has 0 aromatic rings. The van der Waals surface area contributed by atoms with Gasteiger partial charge in [0.1, 0.15) is 5.78 Å². The number of hydrogen-bond donors (Lipinski definition) is 1. The summed E-state index contributed by atoms with van der Waals surface area (Å²) in [5, 5.41) is 3.18. The second kappa shape index (κ2) is 7.00. The van der Waals surface area contributed by atoms with E-state index in [-0.39, 0.29) is 0 Å². The molecule has 0 bridgehead atoms. The average molecular weight is 211 g/mol. The van der Waals surface area contributed by atoms with Crippen LogP contribution < -0.4 is 5.32 Å². The highest BCUT2D eigenvalue weighted by Crippen LogP contribution is 2.27. The van der Waals surface area contributed by atoms with Crippen molar-refractivity contribution in [3.8, 4) is 0 Å². The van der Waals surface area contributed by atoms with Crippen LogP contribution in [-0.2, 0) is 4.79 Å². The van der Waals surface area contributed by atoms with E-state index in [9.17, 15) is 4.79 Å². The van der Waals surface area contributed by atoms with Crippen LogP contribution in [0.4, 0.5) is 0 Å². The summed E-state index contributed by atoms with van der Waals surface area (Å²) in [6.07, 6.45) is 8.77. The Morgan fingerprint density at radius 1 is 1.27 bits per heavy atom. The number of rotatable bonds is 6. The second-order valence-corrected chi connectivity index (χ2v) is 5.12. The van der Waals surface area contributed by atoms with Crippen LogP contribution in [0, 0.1) is 5.92 Å². The van der Waals surface area contributed by atoms with Crippen molar-refractivity contribution in [2.45, 2.75) is 64.8 Å². The van der Waals surface area contributed by atoms with Crippen LogP contribution >= 0.6 is 0 Å². The van der Waals surface area contributed by atoms with Crippen LogP contribution in [0.1, 0.15) is 58.8 Å². The Kier molecular flexibility index (Phi) is 5.92. The zero-order valence-electron chi connectivity index (χ0n) is 10.2. The maximum Gasteiger partial charge on any atom is 0.146 e. The number of hydrogen-bond acceptors (Lipinski definition) is 2. The van der Waals surface area contributed by atoms with E-state index in [2.05, 4.69) is 19.2 Å². The average Bonchev–Trinajstić information content (AvgIpc) is 2.25. The lowest BCUT2D eigenvalue weighted by Gasteiger charge is -2.21. The molecule has 1 N–H and O–H groups in total. The summed E-state index contributed by atoms with van der Waals surface area (Å²) in [5.41, 5.74) is 0. The second-order valence-electron chi connectivity index (χ2n) is 5.12. The van der Waals surface area contributed by atoms with Crippen LogP contribution in [-0.4, -0.2) is 18.4 Å². The number of carbonyl (C=O) groups excluding carboxylic acids is 1. The van der Waals surface area contributed by atoms with Gasteiger partial charge in [0.05, 0.1) is 6.54 Å². The number of carbonyl (C=O) groups is 1. The molecule has 0 heterocycles. The van der Waals surface area contributed by atoms with Gasteiger partial charge in [-0.3, -0.25) is 4.79 Å². The summed E-state index contributed by atoms with van der Waals surface area (Å²) in [5.74, 6) is 1.22. The number of Topliss-reactive ketones (excluding diaryl/α,β-unsaturated/α-hetero) is 1. The minimum Gasteiger partial charge on any atom is -0.308 e. The van der Waals surface area contributed by atoms with Gasteiger partial charge in [0.2, 0.25) is 0 Å². The van der Waals surface area contributed by atoms with Crippen LogP contribution in [0.3, 0.4) is 0 Å². The Balaban J connectivity index is 2.05. The van der Waals surface area contributed by atoms with Gasteiger partial charge in [-0.05, 0) is 12.3 Å². The Hall–Kier alpha value is -0.370. The highest BCUT2D eigenvalue weighted by atomic mass is 16.1. The van der Waals surface area contributed by atoms with Gasteiger partial charge in [-0.25, -0.2) is 0 Å². The van der Waals surface area contributed by atoms with Crippen molar-refractivity contribution in [1.82, 2.24) is 5.32 Å². The molecule has 1 aliphatic rings. The molecular formula is C13H25NO. The monoisotopic (exact) mass is 211 g/mol. The van der Waals surface area contributed by atoms with Crippen molar-refractivity contribution >= 4 is 5.78 Å². The van der Waals surface area contributed by atoms with Crippen molar-refractivity contribution < 1.29 is 4.79 Å². The fourth-order valence-corrected chi connectivity index (χ4v) is 2.25. The van der Waals surface area contributed by atoms with Gasteiger partial charge in [0.15, 0.2) is 0 Å². The minimum atomic E-state index is 0.384. The first-order valence-corrected chi connectivity index (χ1v) is 6.43. The molecule has 0 aromatic heterocycles. The maximum atomic E-state index is 11.5. The van der Waals surface area contributed by atoms with E-state index in [4.69, 9.17) is 0 Å². The van der Waals surface area contributed by atoms with Gasteiger partial charge in [-0.2, -0.15) is 0 Å². The van der Waals surface area contributed by atoms with Crippen LogP contribution in [0.2, 0.25) is 0 Å². The first-order chi connectivity index (χ1) is 7.18. The Labute approximate surface area is 93.8 Å². The lowest BCUT2D eigenvalue weighted by Crippen LogP contribution is -2.29. The van der Waals surface area contributed by atoms with Crippen LogP contribution in [0.25, 0.3) is 0 Å². The molecule has 0 radical (unpaired) electrons. The maximum absolute atomic E-state index is 11.5. The molecule has 1 aliphatic carbocycles. The van der Waals surface area contributed by atoms with Gasteiger partial charge in [0.25, 0.3) is 0 Å². The number of nitrogens with one attached hydrogen (secondary N) is 1. The first kappa shape index (κ1) is 12.7. The Morgan fingerprint density at radius 2 is 1.93 bits per heavy atom. The SMILES string of the molecule is CC(C)NCC(=O)CCC1CCCCC1. The molecule has 0 saturated heterocycles. The van der Waals surface area contributed by atoms with Crippen molar-refractivity contribution in [1.29, 1.82) is 0 Å². The zero-order valence-corrected chi connectivity index (χ0v) is 10.2. The van der Waals surface area contributed by atoms with Crippen molar-refractivity contribution in [3.05, 3.63) is 0 Å². The Morgan fingerprint density at radius 3 is 2.53 bits per heavy atom. The van der Waals surface area contributed by atoms with Gasteiger partial charge in [-0.15, -0.1) is 0 Å². The van der Waals surface area contributed by atoms with Crippen molar-refractivity contribution in [3.63, 3.8) is 0 Å². The lowest BCUT2D eigenvalue weighted by molar-refractivity contribution is -0.118. The first-order valence-electron chi connectivity index (χ1n) is 6.43. The summed E-state index contributed by atoms with van der Waals surface area (Å²) >= 11 is 0. The molecule has 0 spiro atoms. The fraction of sp³-hybridized carbons (Fsp3) is 0.923. The zero-order chi connectivity index (χ0) is 11.1. The lowest BCUT2D eigenvalue weighted by atomic mass is 9.85. The molecular weight excluding hydrogens is 186 g/mol. The largest absolute Gasteiger partial charge is 0.308 e. The highest BCUT2D eigenvalue weighted by Gasteiger charge is 2.14. The predicted molar refractivity (Wildman–Crippen MR) is 64.0 cm³/mol. The summed E-state index contributed by atoms with van der Waals surface area (Å²) in [6.45, 7) is 4.72. The molecule has 88 valence electrons. The van der Waals surface area contributed by atoms with E-state index in [1.807, 2.05) is 0 Å². The topological polar surface area (TPSA) is 29.1 Å². The predicted octanol–water partition coefficient (Wildman–Crippen LogP) is 2.91. The smallest absolute Gasteiger partial charge is 0.146 e. The van der Waals surface area contributed by atoms with Gasteiger partial charge >= 0.3 is 0 Å². The summed E-state index contributed by atoms with van der Waals surface area (Å²) < 4.78 is 0. The van der Waals surface area contributed by atoms with Crippen molar-refractivity contribution in [2.75, 3.05) is 6.54 Å². The van der Waals surface area contributed by atoms with Crippen LogP contribution in [0.5, 0.6) is 0 Å². The molecule has 0 aromatic carbocycles. The van der Waals surface area contributed by atoms with E-state index >= 15 is 0 Å². The third-order valence-corrected chi connectivity index (χ3v) is 3.26. The van der Waals surface area contributed by atoms with Gasteiger partial charge < -0.3 is 5.32 Å². The van der Waals surface area contributed by atoms with E-state index < -0.39 is 0 Å². The molecule has 0 amide bonds. The third kappa shape index (κ3) is 5.93. The van der Waals surface area contributed by atoms with Crippen molar-refractivity contribution in [2.24, 2.45) is 5.92 Å². The molecule has 1 fully saturated rings. The molecule has 2 nitrogen and oxygen atoms in total. The third-order valence-electron chi connectivity index (χ3n) is 3.26. The standard InChI is InChI=1S/C13H25NO/c1-11(2)14-10-13(15)9-8-12-6-4-3-5-7-12/h11-12,14H,3-10H2,1-2H3. The van der Waals surface area contributed by atoms with Gasteiger partial charge in [0, 0.05) is 12.5 Å². The molecule has 0 aliphatic heterocycles. The summed E-state index contributed by atoms with van der Waals surface area (Å²) in [6, 6.07) is 0.420. The van der Waals surface area contributed by atoms with Gasteiger partial charge in [-0.1, -0.05) is 46.0 Å². The molecule has 0 atom stereocenters. The summed E-state index contributed by atoms with van der Waals surface area (Å²) in [7, 11) is 0. The fourth-order valence-electron chi connectivity index (χ4n) is 2.25. The number of ketones is 1. The molecule has 1 saturated carbocycles. The molecule has 2 heteroatoms. The highest BCUT2D eigenvalue weighted by molar-refractivity contribution is 5.80.